The Hall–Kier alpha value is -4.23. The van der Waals surface area contributed by atoms with Gasteiger partial charge in [0.05, 0.1) is 18.8 Å². The van der Waals surface area contributed by atoms with Crippen LogP contribution in [0.3, 0.4) is 0 Å². The molecule has 1 aliphatic rings. The lowest BCUT2D eigenvalue weighted by Gasteiger charge is -2.34. The lowest BCUT2D eigenvalue weighted by molar-refractivity contribution is -0.137. The number of carbonyl (C=O) groups is 1. The summed E-state index contributed by atoms with van der Waals surface area (Å²) in [5.41, 5.74) is 8.37. The van der Waals surface area contributed by atoms with Gasteiger partial charge < -0.3 is 20.5 Å². The summed E-state index contributed by atoms with van der Waals surface area (Å²) >= 11 is 0. The van der Waals surface area contributed by atoms with E-state index in [-0.39, 0.29) is 36.0 Å². The molecular formula is C30H34F3N7O3. The standard InChI is InChI=1S/C30H34F3N7O3/c1-5-7-20-14-36-27(34)26-25(38-28(40(20)26)23-15-39(4)17(3)16-43-23)21-9-8-18(12-22(21)42-6-2)29(41)37-24-13-19(10-11-35-24)30(31,32)33/h8-14,17,23H,5-7,15-16H2,1-4H3,(H2,34,36)(H,35,37,41). The van der Waals surface area contributed by atoms with Crippen LogP contribution in [0.4, 0.5) is 24.8 Å². The Morgan fingerprint density at radius 2 is 2.00 bits per heavy atom. The summed E-state index contributed by atoms with van der Waals surface area (Å²) in [4.78, 5) is 28.7. The predicted octanol–water partition coefficient (Wildman–Crippen LogP) is 5.39. The number of amides is 1. The van der Waals surface area contributed by atoms with Crippen LogP contribution in [0.25, 0.3) is 16.8 Å². The second-order valence-corrected chi connectivity index (χ2v) is 10.5. The predicted molar refractivity (Wildman–Crippen MR) is 156 cm³/mol. The molecule has 3 aromatic heterocycles. The fourth-order valence-corrected chi connectivity index (χ4v) is 5.09. The maximum absolute atomic E-state index is 13.1. The summed E-state index contributed by atoms with van der Waals surface area (Å²) in [6.07, 6.45) is -0.511. The van der Waals surface area contributed by atoms with E-state index in [4.69, 9.17) is 20.2 Å². The second-order valence-electron chi connectivity index (χ2n) is 10.5. The zero-order chi connectivity index (χ0) is 30.9. The monoisotopic (exact) mass is 597 g/mol. The highest BCUT2D eigenvalue weighted by Crippen LogP contribution is 2.39. The minimum Gasteiger partial charge on any atom is -0.493 e. The molecule has 0 radical (unpaired) electrons. The number of fused-ring (bicyclic) bond motifs is 1. The van der Waals surface area contributed by atoms with E-state index < -0.39 is 17.6 Å². The second kappa shape index (κ2) is 12.2. The molecule has 13 heteroatoms. The number of nitrogens with two attached hydrogens (primary N) is 1. The van der Waals surface area contributed by atoms with Crippen LogP contribution in [0.1, 0.15) is 60.7 Å². The van der Waals surface area contributed by atoms with Gasteiger partial charge in [-0.1, -0.05) is 13.3 Å². The van der Waals surface area contributed by atoms with Crippen molar-refractivity contribution >= 4 is 23.1 Å². The Morgan fingerprint density at radius 1 is 1.21 bits per heavy atom. The fraction of sp³-hybridized carbons (Fsp3) is 0.400. The SMILES string of the molecule is CCCc1cnc(N)c2c(-c3ccc(C(=O)Nc4cc(C(F)(F)F)ccn4)cc3OCC)nc(C3CN(C)C(C)CO3)n12. The Morgan fingerprint density at radius 3 is 2.70 bits per heavy atom. The van der Waals surface area contributed by atoms with E-state index >= 15 is 0 Å². The Kier molecular flexibility index (Phi) is 8.56. The highest BCUT2D eigenvalue weighted by atomic mass is 19.4. The van der Waals surface area contributed by atoms with E-state index in [1.807, 2.05) is 18.4 Å². The van der Waals surface area contributed by atoms with E-state index in [1.165, 1.54) is 6.07 Å². The summed E-state index contributed by atoms with van der Waals surface area (Å²) in [6, 6.07) is 6.65. The van der Waals surface area contributed by atoms with Crippen molar-refractivity contribution in [1.82, 2.24) is 24.3 Å². The number of nitrogen functional groups attached to an aromatic ring is 1. The fourth-order valence-electron chi connectivity index (χ4n) is 5.09. The smallest absolute Gasteiger partial charge is 0.416 e. The van der Waals surface area contributed by atoms with E-state index in [2.05, 4.69) is 34.0 Å². The lowest BCUT2D eigenvalue weighted by atomic mass is 10.1. The molecule has 43 heavy (non-hydrogen) atoms. The van der Waals surface area contributed by atoms with Crippen LogP contribution in [-0.4, -0.2) is 63.0 Å². The van der Waals surface area contributed by atoms with Gasteiger partial charge in [0.15, 0.2) is 0 Å². The zero-order valence-electron chi connectivity index (χ0n) is 24.4. The number of benzene rings is 1. The Labute approximate surface area is 247 Å². The van der Waals surface area contributed by atoms with Crippen molar-refractivity contribution in [1.29, 1.82) is 0 Å². The van der Waals surface area contributed by atoms with E-state index in [9.17, 15) is 18.0 Å². The third kappa shape index (κ3) is 6.13. The molecule has 1 fully saturated rings. The molecule has 2 unspecified atom stereocenters. The highest BCUT2D eigenvalue weighted by molar-refractivity contribution is 6.04. The molecule has 0 saturated carbocycles. The van der Waals surface area contributed by atoms with Gasteiger partial charge in [-0.25, -0.2) is 15.0 Å². The molecule has 0 bridgehead atoms. The molecule has 1 saturated heterocycles. The number of likely N-dealkylation sites (N-methyl/N-ethyl adjacent to an activating group) is 1. The number of rotatable bonds is 8. The minimum absolute atomic E-state index is 0.166. The van der Waals surface area contributed by atoms with Crippen molar-refractivity contribution in [3.05, 3.63) is 65.4 Å². The van der Waals surface area contributed by atoms with E-state index in [0.717, 1.165) is 36.9 Å². The topological polar surface area (TPSA) is 120 Å². The molecule has 10 nitrogen and oxygen atoms in total. The first-order valence-electron chi connectivity index (χ1n) is 14.1. The maximum atomic E-state index is 13.1. The van der Waals surface area contributed by atoms with Gasteiger partial charge in [-0.2, -0.15) is 13.2 Å². The van der Waals surface area contributed by atoms with Gasteiger partial charge in [-0.3, -0.25) is 14.1 Å². The third-order valence-electron chi connectivity index (χ3n) is 7.45. The number of nitrogens with zero attached hydrogens (tertiary/aromatic N) is 5. The summed E-state index contributed by atoms with van der Waals surface area (Å²) in [5, 5.41) is 2.44. The van der Waals surface area contributed by atoms with Crippen molar-refractivity contribution in [3.8, 4) is 17.0 Å². The number of aryl methyl sites for hydroxylation is 1. The average Bonchev–Trinajstić information content (AvgIpc) is 3.37. The van der Waals surface area contributed by atoms with Gasteiger partial charge in [0.25, 0.3) is 5.91 Å². The molecule has 4 heterocycles. The number of anilines is 2. The molecule has 4 aromatic rings. The van der Waals surface area contributed by atoms with Crippen LogP contribution < -0.4 is 15.8 Å². The number of halogens is 3. The first-order valence-corrected chi connectivity index (χ1v) is 14.1. The highest BCUT2D eigenvalue weighted by Gasteiger charge is 2.32. The number of aromatic nitrogens is 4. The Bertz CT molecular complexity index is 1640. The first kappa shape index (κ1) is 30.2. The maximum Gasteiger partial charge on any atom is 0.416 e. The van der Waals surface area contributed by atoms with Crippen LogP contribution in [0, 0.1) is 0 Å². The summed E-state index contributed by atoms with van der Waals surface area (Å²) in [7, 11) is 2.05. The van der Waals surface area contributed by atoms with Crippen molar-refractivity contribution in [2.24, 2.45) is 0 Å². The number of pyridine rings is 1. The van der Waals surface area contributed by atoms with Crippen molar-refractivity contribution in [2.45, 2.75) is 51.9 Å². The molecule has 228 valence electrons. The number of morpholine rings is 1. The quantitative estimate of drug-likeness (QED) is 0.278. The van der Waals surface area contributed by atoms with Crippen LogP contribution in [0.5, 0.6) is 5.75 Å². The molecule has 0 spiro atoms. The molecule has 5 rings (SSSR count). The molecular weight excluding hydrogens is 563 g/mol. The van der Waals surface area contributed by atoms with Crippen molar-refractivity contribution < 1.29 is 27.4 Å². The molecule has 3 N–H and O–H groups in total. The average molecular weight is 598 g/mol. The summed E-state index contributed by atoms with van der Waals surface area (Å²) < 4.78 is 53.7. The minimum atomic E-state index is -4.57. The van der Waals surface area contributed by atoms with E-state index in [1.54, 1.807) is 18.3 Å². The van der Waals surface area contributed by atoms with Crippen molar-refractivity contribution in [2.75, 3.05) is 37.9 Å². The Balaban J connectivity index is 1.58. The normalized spacial score (nSPS) is 17.7. The molecule has 1 amide bonds. The molecule has 1 aromatic carbocycles. The first-order chi connectivity index (χ1) is 20.5. The number of carbonyl (C=O) groups excluding carboxylic acids is 1. The molecule has 2 atom stereocenters. The van der Waals surface area contributed by atoms with Gasteiger partial charge >= 0.3 is 6.18 Å². The largest absolute Gasteiger partial charge is 0.493 e. The van der Waals surface area contributed by atoms with E-state index in [0.29, 0.717) is 41.5 Å². The number of nitrogens with one attached hydrogen (secondary N) is 1. The van der Waals surface area contributed by atoms with Crippen LogP contribution >= 0.6 is 0 Å². The van der Waals surface area contributed by atoms with Gasteiger partial charge in [0.1, 0.15) is 40.5 Å². The lowest BCUT2D eigenvalue weighted by Crippen LogP contribution is -2.42. The number of hydrogen-bond acceptors (Lipinski definition) is 8. The number of ether oxygens (including phenoxy) is 2. The molecule has 0 aliphatic carbocycles. The molecule has 1 aliphatic heterocycles. The summed E-state index contributed by atoms with van der Waals surface area (Å²) in [5.74, 6) is 0.469. The van der Waals surface area contributed by atoms with Gasteiger partial charge in [0, 0.05) is 41.8 Å². The zero-order valence-corrected chi connectivity index (χ0v) is 24.4. The van der Waals surface area contributed by atoms with Gasteiger partial charge in [-0.05, 0) is 57.6 Å². The van der Waals surface area contributed by atoms with Crippen LogP contribution in [0.2, 0.25) is 0 Å². The van der Waals surface area contributed by atoms with Crippen LogP contribution in [0.15, 0.2) is 42.7 Å². The van der Waals surface area contributed by atoms with Crippen LogP contribution in [-0.2, 0) is 17.3 Å². The number of imidazole rings is 1. The van der Waals surface area contributed by atoms with Crippen molar-refractivity contribution in [3.63, 3.8) is 0 Å². The summed E-state index contributed by atoms with van der Waals surface area (Å²) in [6.45, 7) is 7.46. The third-order valence-corrected chi connectivity index (χ3v) is 7.45. The van der Waals surface area contributed by atoms with Gasteiger partial charge in [-0.15, -0.1) is 0 Å². The van der Waals surface area contributed by atoms with Gasteiger partial charge in [0.2, 0.25) is 0 Å². The number of hydrogen-bond donors (Lipinski definition) is 2. The number of alkyl halides is 3.